The van der Waals surface area contributed by atoms with E-state index in [1.54, 1.807) is 39.8 Å². The summed E-state index contributed by atoms with van der Waals surface area (Å²) in [5.74, 6) is 0. The molecule has 0 aliphatic carbocycles. The Morgan fingerprint density at radius 3 is 2.09 bits per heavy atom. The Kier molecular flexibility index (Phi) is 7.61. The van der Waals surface area contributed by atoms with Crippen LogP contribution in [0.1, 0.15) is 45.2 Å². The molecule has 0 bridgehead atoms. The number of likely N-dealkylation sites (tertiary alicyclic amines) is 1. The molecule has 0 unspecified atom stereocenters. The maximum Gasteiger partial charge on any atom is 0.527 e. The van der Waals surface area contributed by atoms with Crippen LogP contribution in [0.4, 0.5) is 14.4 Å². The van der Waals surface area contributed by atoms with E-state index in [-0.39, 0.29) is 19.7 Å². The minimum Gasteiger partial charge on any atom is -0.444 e. The first-order valence-corrected chi connectivity index (χ1v) is 11.4. The molecule has 3 atom stereocenters. The van der Waals surface area contributed by atoms with Crippen LogP contribution in [0.25, 0.3) is 0 Å². The molecule has 8 nitrogen and oxygen atoms in total. The van der Waals surface area contributed by atoms with Crippen LogP contribution in [0.15, 0.2) is 60.7 Å². The lowest BCUT2D eigenvalue weighted by atomic mass is 10.1. The third-order valence-corrected chi connectivity index (χ3v) is 6.00. The summed E-state index contributed by atoms with van der Waals surface area (Å²) in [7, 11) is 0. The van der Waals surface area contributed by atoms with Gasteiger partial charge in [-0.15, -0.1) is 4.48 Å². The molecule has 1 aliphatic rings. The lowest BCUT2D eigenvalue weighted by molar-refractivity contribution is -0.796. The van der Waals surface area contributed by atoms with Crippen molar-refractivity contribution in [3.63, 3.8) is 0 Å². The number of ether oxygens (including phenoxy) is 2. The van der Waals surface area contributed by atoms with Gasteiger partial charge < -0.3 is 14.6 Å². The van der Waals surface area contributed by atoms with Gasteiger partial charge in [-0.05, 0) is 38.8 Å². The van der Waals surface area contributed by atoms with Gasteiger partial charge in [-0.3, -0.25) is 4.90 Å². The van der Waals surface area contributed by atoms with Crippen molar-refractivity contribution >= 4 is 18.3 Å². The van der Waals surface area contributed by atoms with Crippen molar-refractivity contribution in [2.24, 2.45) is 0 Å². The van der Waals surface area contributed by atoms with Crippen molar-refractivity contribution in [2.75, 3.05) is 6.54 Å². The van der Waals surface area contributed by atoms with Gasteiger partial charge in [-0.1, -0.05) is 60.7 Å². The summed E-state index contributed by atoms with van der Waals surface area (Å²) in [6.45, 7) is 7.16. The second kappa shape index (κ2) is 10.3. The summed E-state index contributed by atoms with van der Waals surface area (Å²) in [5.41, 5.74) is 0.930. The Balaban J connectivity index is 1.85. The van der Waals surface area contributed by atoms with Crippen molar-refractivity contribution in [2.45, 2.75) is 65.0 Å². The van der Waals surface area contributed by atoms with Crippen LogP contribution in [0.2, 0.25) is 0 Å². The molecule has 2 aromatic carbocycles. The predicted octanol–water partition coefficient (Wildman–Crippen LogP) is 5.42. The Morgan fingerprint density at radius 2 is 1.56 bits per heavy atom. The summed E-state index contributed by atoms with van der Waals surface area (Å²) in [6.07, 6.45) is -2.36. The largest absolute Gasteiger partial charge is 0.527 e. The fourth-order valence-electron chi connectivity index (χ4n) is 4.26. The van der Waals surface area contributed by atoms with E-state index < -0.39 is 40.4 Å². The minimum absolute atomic E-state index is 0.0237. The molecule has 3 amide bonds. The molecule has 0 saturated carbocycles. The second-order valence-corrected chi connectivity index (χ2v) is 9.71. The average Bonchev–Trinajstić information content (AvgIpc) is 3.14. The molecule has 1 aliphatic heterocycles. The molecule has 0 radical (unpaired) electrons. The molecule has 3 rings (SSSR count). The van der Waals surface area contributed by atoms with Crippen molar-refractivity contribution in [3.8, 4) is 0 Å². The van der Waals surface area contributed by atoms with E-state index in [0.29, 0.717) is 6.42 Å². The number of carboxylic acid groups (broad SMARTS) is 1. The fourth-order valence-corrected chi connectivity index (χ4v) is 4.26. The highest BCUT2D eigenvalue weighted by Crippen LogP contribution is 2.33. The van der Waals surface area contributed by atoms with E-state index in [4.69, 9.17) is 9.47 Å². The number of carbonyl (C=O) groups excluding carboxylic acids is 2. The van der Waals surface area contributed by atoms with Crippen LogP contribution >= 0.6 is 0 Å². The summed E-state index contributed by atoms with van der Waals surface area (Å²) in [6, 6.07) is 17.4. The van der Waals surface area contributed by atoms with Gasteiger partial charge in [0.25, 0.3) is 0 Å². The zero-order chi connectivity index (χ0) is 24.9. The van der Waals surface area contributed by atoms with E-state index in [9.17, 15) is 19.5 Å². The number of hydrogen-bond donors (Lipinski definition) is 1. The molecule has 0 aromatic heterocycles. The van der Waals surface area contributed by atoms with Crippen molar-refractivity contribution < 1.29 is 33.4 Å². The maximum absolute atomic E-state index is 13.2. The molecule has 34 heavy (non-hydrogen) atoms. The van der Waals surface area contributed by atoms with Gasteiger partial charge in [-0.25, -0.2) is 4.79 Å². The minimum atomic E-state index is -1.29. The third kappa shape index (κ3) is 5.75. The molecular weight excluding hydrogens is 436 g/mol. The topological polar surface area (TPSA) is 93.1 Å². The average molecular weight is 470 g/mol. The Bertz CT molecular complexity index is 1000. The number of imide groups is 1. The smallest absolute Gasteiger partial charge is 0.444 e. The van der Waals surface area contributed by atoms with E-state index in [0.717, 1.165) is 11.1 Å². The highest BCUT2D eigenvalue weighted by atomic mass is 16.6. The lowest BCUT2D eigenvalue weighted by Gasteiger charge is -2.32. The van der Waals surface area contributed by atoms with Crippen LogP contribution in [-0.2, 0) is 22.6 Å². The highest BCUT2D eigenvalue weighted by molar-refractivity contribution is 5.76. The first kappa shape index (κ1) is 25.2. The van der Waals surface area contributed by atoms with Crippen LogP contribution in [-0.4, -0.2) is 57.0 Å². The first-order chi connectivity index (χ1) is 16.0. The van der Waals surface area contributed by atoms with E-state index in [2.05, 4.69) is 0 Å². The molecule has 1 heterocycles. The Hall–Kier alpha value is -3.39. The monoisotopic (exact) mass is 469 g/mol. The highest BCUT2D eigenvalue weighted by Gasteiger charge is 2.60. The zero-order valence-corrected chi connectivity index (χ0v) is 20.1. The van der Waals surface area contributed by atoms with Crippen molar-refractivity contribution in [1.82, 2.24) is 4.90 Å². The van der Waals surface area contributed by atoms with Gasteiger partial charge in [0.2, 0.25) is 0 Å². The van der Waals surface area contributed by atoms with Crippen LogP contribution in [0.5, 0.6) is 0 Å². The SMILES string of the molecule is C[C@@H]1C[C@@H](N(Cc2ccccc2)C(=O)OC(C)(C)C)C[N@+]1(C(=O)O)C(=O)OCc1ccccc1. The second-order valence-electron chi connectivity index (χ2n) is 9.71. The summed E-state index contributed by atoms with van der Waals surface area (Å²) in [4.78, 5) is 40.3. The predicted molar refractivity (Wildman–Crippen MR) is 126 cm³/mol. The van der Waals surface area contributed by atoms with Gasteiger partial charge in [0.15, 0.2) is 0 Å². The number of quaternary nitrogens is 1. The third-order valence-electron chi connectivity index (χ3n) is 6.00. The fraction of sp³-hybridized carbons (Fsp3) is 0.423. The van der Waals surface area contributed by atoms with Crippen LogP contribution < -0.4 is 0 Å². The van der Waals surface area contributed by atoms with Gasteiger partial charge in [-0.2, -0.15) is 9.59 Å². The van der Waals surface area contributed by atoms with Crippen LogP contribution in [0.3, 0.4) is 0 Å². The number of nitrogens with zero attached hydrogens (tertiary/aromatic N) is 2. The van der Waals surface area contributed by atoms with Gasteiger partial charge >= 0.3 is 18.3 Å². The standard InChI is InChI=1S/C26H32N2O6/c1-19-15-22(27(23(29)34-26(2,3)4)16-20-11-7-5-8-12-20)17-28(19,24(30)31)25(32)33-18-21-13-9-6-10-14-21/h5-14,19,22H,15-18H2,1-4H3/p+1/t19-,22-,28+/m1/s1. The van der Waals surface area contributed by atoms with E-state index in [1.807, 2.05) is 48.5 Å². The molecule has 1 fully saturated rings. The van der Waals surface area contributed by atoms with Gasteiger partial charge in [0.05, 0.1) is 6.04 Å². The lowest BCUT2D eigenvalue weighted by Crippen LogP contribution is -2.60. The molecule has 0 spiro atoms. The molecule has 2 aromatic rings. The first-order valence-electron chi connectivity index (χ1n) is 11.4. The van der Waals surface area contributed by atoms with Crippen molar-refractivity contribution in [3.05, 3.63) is 71.8 Å². The molecule has 8 heteroatoms. The number of rotatable bonds is 5. The van der Waals surface area contributed by atoms with Gasteiger partial charge in [0, 0.05) is 13.0 Å². The van der Waals surface area contributed by atoms with Crippen LogP contribution in [0, 0.1) is 0 Å². The maximum atomic E-state index is 13.2. The van der Waals surface area contributed by atoms with Crippen molar-refractivity contribution in [1.29, 1.82) is 0 Å². The summed E-state index contributed by atoms with van der Waals surface area (Å²) in [5, 5.41) is 10.2. The Labute approximate surface area is 200 Å². The number of carbonyl (C=O) groups is 3. The number of amides is 3. The molecule has 182 valence electrons. The summed E-state index contributed by atoms with van der Waals surface area (Å²) >= 11 is 0. The van der Waals surface area contributed by atoms with Gasteiger partial charge in [0.1, 0.15) is 24.8 Å². The number of benzene rings is 2. The number of hydrogen-bond acceptors (Lipinski definition) is 5. The quantitative estimate of drug-likeness (QED) is 0.588. The molecule has 1 saturated heterocycles. The summed E-state index contributed by atoms with van der Waals surface area (Å²) < 4.78 is 10.2. The van der Waals surface area contributed by atoms with E-state index >= 15 is 0 Å². The molecular formula is C26H33N2O6+. The normalized spacial score (nSPS) is 22.1. The molecule has 1 N–H and O–H groups in total. The Morgan fingerprint density at radius 1 is 1.00 bits per heavy atom. The van der Waals surface area contributed by atoms with E-state index in [1.165, 1.54) is 4.90 Å². The zero-order valence-electron chi connectivity index (χ0n) is 20.1.